The van der Waals surface area contributed by atoms with Gasteiger partial charge in [-0.05, 0) is 61.5 Å². The number of anilines is 1. The fourth-order valence-electron chi connectivity index (χ4n) is 2.51. The Kier molecular flexibility index (Phi) is 4.98. The number of benzene rings is 2. The van der Waals surface area contributed by atoms with Crippen molar-refractivity contribution in [3.8, 4) is 11.3 Å². The molecule has 0 radical (unpaired) electrons. The molecule has 0 atom stereocenters. The fraction of sp³-hybridized carbons (Fsp3) is 0.158. The summed E-state index contributed by atoms with van der Waals surface area (Å²) in [5.74, 6) is -0.780. The van der Waals surface area contributed by atoms with Crippen molar-refractivity contribution in [3.63, 3.8) is 0 Å². The van der Waals surface area contributed by atoms with E-state index in [1.54, 1.807) is 25.1 Å². The Labute approximate surface area is 152 Å². The van der Waals surface area contributed by atoms with Crippen molar-refractivity contribution < 1.29 is 22.4 Å². The van der Waals surface area contributed by atoms with E-state index in [4.69, 9.17) is 0 Å². The first-order valence-electron chi connectivity index (χ1n) is 8.00. The van der Waals surface area contributed by atoms with E-state index in [1.165, 1.54) is 28.9 Å². The smallest absolute Gasteiger partial charge is 0.324 e. The molecule has 1 amide bonds. The van der Waals surface area contributed by atoms with Gasteiger partial charge in [0.2, 0.25) is 5.91 Å². The van der Waals surface area contributed by atoms with Crippen molar-refractivity contribution in [1.29, 1.82) is 0 Å². The number of nitrogens with zero attached hydrogens (tertiary/aromatic N) is 2. The number of halogens is 4. The van der Waals surface area contributed by atoms with Gasteiger partial charge in [0.25, 0.3) is 0 Å². The van der Waals surface area contributed by atoms with Crippen molar-refractivity contribution in [3.05, 3.63) is 71.7 Å². The minimum atomic E-state index is -4.43. The maximum atomic E-state index is 13.0. The zero-order valence-electron chi connectivity index (χ0n) is 14.2. The van der Waals surface area contributed by atoms with Crippen LogP contribution in [0.2, 0.25) is 0 Å². The van der Waals surface area contributed by atoms with Gasteiger partial charge in [0.1, 0.15) is 12.4 Å². The summed E-state index contributed by atoms with van der Waals surface area (Å²) < 4.78 is 52.2. The van der Waals surface area contributed by atoms with Crippen LogP contribution in [0.3, 0.4) is 0 Å². The first-order valence-corrected chi connectivity index (χ1v) is 8.00. The van der Waals surface area contributed by atoms with E-state index in [1.807, 2.05) is 0 Å². The summed E-state index contributed by atoms with van der Waals surface area (Å²) in [5.41, 5.74) is 1.50. The van der Waals surface area contributed by atoms with Gasteiger partial charge in [0.15, 0.2) is 0 Å². The molecule has 0 fully saturated rings. The third-order valence-corrected chi connectivity index (χ3v) is 3.91. The molecule has 0 aliphatic rings. The number of amides is 1. The van der Waals surface area contributed by atoms with Crippen molar-refractivity contribution in [1.82, 2.24) is 9.78 Å². The predicted octanol–water partition coefficient (Wildman–Crippen LogP) is 4.66. The first-order chi connectivity index (χ1) is 12.7. The normalized spacial score (nSPS) is 11.4. The topological polar surface area (TPSA) is 46.9 Å². The third-order valence-electron chi connectivity index (χ3n) is 3.91. The molecule has 0 bridgehead atoms. The number of carbonyl (C=O) groups is 1. The Balaban J connectivity index is 1.68. The van der Waals surface area contributed by atoms with Gasteiger partial charge in [0.05, 0.1) is 11.3 Å². The zero-order valence-corrected chi connectivity index (χ0v) is 14.2. The predicted molar refractivity (Wildman–Crippen MR) is 92.4 cm³/mol. The number of nitrogens with one attached hydrogen (secondary N) is 1. The van der Waals surface area contributed by atoms with Gasteiger partial charge in [-0.1, -0.05) is 0 Å². The lowest BCUT2D eigenvalue weighted by molar-refractivity contribution is -0.137. The van der Waals surface area contributed by atoms with E-state index in [0.29, 0.717) is 11.3 Å². The van der Waals surface area contributed by atoms with Crippen LogP contribution in [0.5, 0.6) is 0 Å². The van der Waals surface area contributed by atoms with Gasteiger partial charge in [0, 0.05) is 16.9 Å². The highest BCUT2D eigenvalue weighted by Crippen LogP contribution is 2.29. The van der Waals surface area contributed by atoms with Gasteiger partial charge < -0.3 is 5.32 Å². The monoisotopic (exact) mass is 377 g/mol. The van der Waals surface area contributed by atoms with Crippen LogP contribution in [0.25, 0.3) is 11.3 Å². The van der Waals surface area contributed by atoms with Gasteiger partial charge in [-0.25, -0.2) is 4.39 Å². The molecular weight excluding hydrogens is 362 g/mol. The Bertz CT molecular complexity index is 945. The molecule has 1 N–H and O–H groups in total. The van der Waals surface area contributed by atoms with E-state index < -0.39 is 17.6 Å². The lowest BCUT2D eigenvalue weighted by atomic mass is 10.1. The second-order valence-corrected chi connectivity index (χ2v) is 5.96. The van der Waals surface area contributed by atoms with Crippen molar-refractivity contribution in [2.24, 2.45) is 0 Å². The van der Waals surface area contributed by atoms with Crippen LogP contribution in [0, 0.1) is 12.7 Å². The molecule has 140 valence electrons. The molecule has 8 heteroatoms. The Hall–Kier alpha value is -3.16. The molecule has 0 spiro atoms. The summed E-state index contributed by atoms with van der Waals surface area (Å²) in [4.78, 5) is 12.2. The number of aryl methyl sites for hydroxylation is 1. The molecular formula is C19H15F4N3O. The summed E-state index contributed by atoms with van der Waals surface area (Å²) >= 11 is 0. The second-order valence-electron chi connectivity index (χ2n) is 5.96. The largest absolute Gasteiger partial charge is 0.416 e. The van der Waals surface area contributed by atoms with Crippen LogP contribution in [0.1, 0.15) is 11.3 Å². The average molecular weight is 377 g/mol. The van der Waals surface area contributed by atoms with Crippen molar-refractivity contribution >= 4 is 11.6 Å². The number of hydrogen-bond acceptors (Lipinski definition) is 2. The molecule has 0 saturated heterocycles. The average Bonchev–Trinajstić information content (AvgIpc) is 2.95. The van der Waals surface area contributed by atoms with E-state index in [0.717, 1.165) is 17.8 Å². The highest BCUT2D eigenvalue weighted by molar-refractivity contribution is 5.90. The molecule has 3 aromatic rings. The number of carbonyl (C=O) groups excluding carboxylic acids is 1. The molecule has 0 saturated carbocycles. The van der Waals surface area contributed by atoms with Crippen molar-refractivity contribution in [2.75, 3.05) is 5.32 Å². The quantitative estimate of drug-likeness (QED) is 0.673. The highest BCUT2D eigenvalue weighted by Gasteiger charge is 2.30. The zero-order chi connectivity index (χ0) is 19.6. The number of aromatic nitrogens is 2. The number of hydrogen-bond donors (Lipinski definition) is 1. The maximum absolute atomic E-state index is 13.0. The lowest BCUT2D eigenvalue weighted by Gasteiger charge is -2.09. The van der Waals surface area contributed by atoms with Crippen LogP contribution >= 0.6 is 0 Å². The molecule has 27 heavy (non-hydrogen) atoms. The molecule has 4 nitrogen and oxygen atoms in total. The summed E-state index contributed by atoms with van der Waals surface area (Å²) in [5, 5.41) is 6.86. The summed E-state index contributed by atoms with van der Waals surface area (Å²) in [6.07, 6.45) is -4.43. The Morgan fingerprint density at radius 2 is 1.70 bits per heavy atom. The fourth-order valence-corrected chi connectivity index (χ4v) is 2.51. The molecule has 2 aromatic carbocycles. The molecule has 0 unspecified atom stereocenters. The number of rotatable bonds is 4. The van der Waals surface area contributed by atoms with Crippen LogP contribution in [-0.2, 0) is 17.5 Å². The van der Waals surface area contributed by atoms with E-state index in [9.17, 15) is 22.4 Å². The minimum absolute atomic E-state index is 0.103. The van der Waals surface area contributed by atoms with Crippen LogP contribution in [0.4, 0.5) is 23.2 Å². The van der Waals surface area contributed by atoms with Gasteiger partial charge in [-0.3, -0.25) is 9.48 Å². The Morgan fingerprint density at radius 3 is 2.30 bits per heavy atom. The number of alkyl halides is 3. The van der Waals surface area contributed by atoms with Gasteiger partial charge >= 0.3 is 6.18 Å². The highest BCUT2D eigenvalue weighted by atomic mass is 19.4. The lowest BCUT2D eigenvalue weighted by Crippen LogP contribution is -2.20. The van der Waals surface area contributed by atoms with Gasteiger partial charge in [-0.15, -0.1) is 0 Å². The van der Waals surface area contributed by atoms with Gasteiger partial charge in [-0.2, -0.15) is 18.3 Å². The van der Waals surface area contributed by atoms with Crippen LogP contribution < -0.4 is 5.32 Å². The SMILES string of the molecule is Cc1cc(-c2ccc(F)cc2)nn1CC(=O)Nc1ccc(C(F)(F)F)cc1. The molecule has 3 rings (SSSR count). The van der Waals surface area contributed by atoms with E-state index in [2.05, 4.69) is 10.4 Å². The molecule has 1 heterocycles. The minimum Gasteiger partial charge on any atom is -0.324 e. The summed E-state index contributed by atoms with van der Waals surface area (Å²) in [7, 11) is 0. The molecule has 0 aliphatic heterocycles. The van der Waals surface area contributed by atoms with E-state index >= 15 is 0 Å². The standard InChI is InChI=1S/C19H15F4N3O/c1-12-10-17(13-2-6-15(20)7-3-13)25-26(12)11-18(27)24-16-8-4-14(5-9-16)19(21,22)23/h2-10H,11H2,1H3,(H,24,27). The summed E-state index contributed by atoms with van der Waals surface area (Å²) in [6, 6.07) is 11.8. The molecule has 1 aromatic heterocycles. The van der Waals surface area contributed by atoms with Crippen LogP contribution in [-0.4, -0.2) is 15.7 Å². The first kappa shape index (κ1) is 18.6. The van der Waals surface area contributed by atoms with Crippen molar-refractivity contribution in [2.45, 2.75) is 19.6 Å². The third kappa shape index (κ3) is 4.52. The summed E-state index contributed by atoms with van der Waals surface area (Å²) in [6.45, 7) is 1.67. The van der Waals surface area contributed by atoms with E-state index in [-0.39, 0.29) is 18.0 Å². The molecule has 0 aliphatic carbocycles. The Morgan fingerprint density at radius 1 is 1.07 bits per heavy atom. The van der Waals surface area contributed by atoms with Crippen LogP contribution in [0.15, 0.2) is 54.6 Å². The maximum Gasteiger partial charge on any atom is 0.416 e. The second kappa shape index (κ2) is 7.22.